The third-order valence-corrected chi connectivity index (χ3v) is 6.01. The molecule has 1 saturated heterocycles. The van der Waals surface area contributed by atoms with Crippen LogP contribution in [0.15, 0.2) is 28.5 Å². The van der Waals surface area contributed by atoms with E-state index in [2.05, 4.69) is 0 Å². The fraction of sp³-hybridized carbons (Fsp3) is 0.478. The molecule has 0 radical (unpaired) electrons. The van der Waals surface area contributed by atoms with Crippen LogP contribution in [0.4, 0.5) is 14.5 Å². The maximum Gasteiger partial charge on any atom is 0.343 e. The standard InChI is InChI=1S/C23H27F2N3O4.ClH/c1-3-32-23(30)16-12-28(14-6-7-14)19-15(21(16)29)9-17(24)20(22(19)31-2)27-8-4-5-13(11-27)18(25)10-26;/h9,12,14H,3-8,10-11,26H2,1-2H3;1H. The Bertz CT molecular complexity index is 1160. The van der Waals surface area contributed by atoms with Gasteiger partial charge in [0.1, 0.15) is 17.1 Å². The van der Waals surface area contributed by atoms with E-state index in [1.54, 1.807) is 11.8 Å². The van der Waals surface area contributed by atoms with Crippen LogP contribution in [-0.4, -0.2) is 43.9 Å². The normalized spacial score (nSPS) is 17.5. The molecule has 10 heteroatoms. The number of esters is 1. The Morgan fingerprint density at radius 3 is 2.67 bits per heavy atom. The minimum atomic E-state index is -0.736. The Morgan fingerprint density at radius 2 is 2.06 bits per heavy atom. The van der Waals surface area contributed by atoms with Gasteiger partial charge in [0.25, 0.3) is 0 Å². The first kappa shape index (κ1) is 25.0. The summed E-state index contributed by atoms with van der Waals surface area (Å²) in [6, 6.07) is 1.22. The number of hydrogen-bond donors (Lipinski definition) is 1. The lowest BCUT2D eigenvalue weighted by molar-refractivity contribution is 0.0524. The average Bonchev–Trinajstić information content (AvgIpc) is 3.63. The molecule has 0 amide bonds. The van der Waals surface area contributed by atoms with Crippen molar-refractivity contribution in [1.29, 1.82) is 0 Å². The Hall–Kier alpha value is -2.65. The maximum absolute atomic E-state index is 15.5. The van der Waals surface area contributed by atoms with Crippen molar-refractivity contribution in [1.82, 2.24) is 4.57 Å². The Balaban J connectivity index is 0.00000306. The first-order chi connectivity index (χ1) is 15.4. The molecule has 1 aliphatic heterocycles. The van der Waals surface area contributed by atoms with E-state index in [1.165, 1.54) is 13.3 Å². The summed E-state index contributed by atoms with van der Waals surface area (Å²) < 4.78 is 42.1. The van der Waals surface area contributed by atoms with E-state index in [1.807, 2.05) is 4.57 Å². The van der Waals surface area contributed by atoms with Gasteiger partial charge in [-0.2, -0.15) is 0 Å². The van der Waals surface area contributed by atoms with Gasteiger partial charge in [0.2, 0.25) is 5.43 Å². The predicted octanol–water partition coefficient (Wildman–Crippen LogP) is 3.87. The van der Waals surface area contributed by atoms with Crippen LogP contribution in [0.5, 0.6) is 5.75 Å². The number of carbonyl (C=O) groups excluding carboxylic acids is 1. The van der Waals surface area contributed by atoms with Gasteiger partial charge in [-0.3, -0.25) is 4.79 Å². The van der Waals surface area contributed by atoms with Crippen LogP contribution in [0.3, 0.4) is 0 Å². The number of benzene rings is 1. The lowest BCUT2D eigenvalue weighted by Gasteiger charge is -2.33. The number of piperidine rings is 1. The zero-order valence-corrected chi connectivity index (χ0v) is 19.5. The second kappa shape index (κ2) is 10.1. The van der Waals surface area contributed by atoms with Gasteiger partial charge in [0, 0.05) is 31.9 Å². The van der Waals surface area contributed by atoms with Crippen molar-refractivity contribution in [2.75, 3.05) is 38.3 Å². The number of anilines is 1. The number of methoxy groups -OCH3 is 1. The second-order valence-electron chi connectivity index (χ2n) is 8.10. The zero-order valence-electron chi connectivity index (χ0n) is 18.7. The number of ether oxygens (including phenoxy) is 2. The Morgan fingerprint density at radius 1 is 1.33 bits per heavy atom. The first-order valence-electron chi connectivity index (χ1n) is 10.8. The van der Waals surface area contributed by atoms with Crippen molar-refractivity contribution in [3.8, 4) is 5.75 Å². The minimum absolute atomic E-state index is 0. The quantitative estimate of drug-likeness (QED) is 0.628. The molecule has 0 atom stereocenters. The van der Waals surface area contributed by atoms with Gasteiger partial charge >= 0.3 is 5.97 Å². The van der Waals surface area contributed by atoms with Crippen molar-refractivity contribution in [3.05, 3.63) is 45.3 Å². The molecule has 1 aliphatic carbocycles. The lowest BCUT2D eigenvalue weighted by atomic mass is 10.0. The van der Waals surface area contributed by atoms with E-state index in [4.69, 9.17) is 15.2 Å². The molecule has 1 aromatic heterocycles. The van der Waals surface area contributed by atoms with Gasteiger partial charge in [0.05, 0.1) is 24.6 Å². The molecule has 7 nitrogen and oxygen atoms in total. The molecule has 2 aliphatic rings. The molecule has 1 aromatic carbocycles. The number of halogens is 3. The van der Waals surface area contributed by atoms with E-state index in [-0.39, 0.29) is 66.4 Å². The molecular formula is C23H28ClF2N3O4. The highest BCUT2D eigenvalue weighted by Gasteiger charge is 2.32. The van der Waals surface area contributed by atoms with Crippen molar-refractivity contribution in [2.24, 2.45) is 5.73 Å². The van der Waals surface area contributed by atoms with Crippen LogP contribution < -0.4 is 20.8 Å². The monoisotopic (exact) mass is 483 g/mol. The summed E-state index contributed by atoms with van der Waals surface area (Å²) >= 11 is 0. The summed E-state index contributed by atoms with van der Waals surface area (Å²) in [7, 11) is 1.42. The number of fused-ring (bicyclic) bond motifs is 1. The van der Waals surface area contributed by atoms with Gasteiger partial charge in [0.15, 0.2) is 11.6 Å². The molecule has 2 fully saturated rings. The molecule has 2 N–H and O–H groups in total. The molecule has 0 unspecified atom stereocenters. The molecule has 180 valence electrons. The molecular weight excluding hydrogens is 456 g/mol. The third-order valence-electron chi connectivity index (χ3n) is 6.01. The fourth-order valence-corrected chi connectivity index (χ4v) is 4.35. The van der Waals surface area contributed by atoms with Gasteiger partial charge in [-0.05, 0) is 44.2 Å². The average molecular weight is 484 g/mol. The largest absolute Gasteiger partial charge is 0.492 e. The smallest absolute Gasteiger partial charge is 0.343 e. The highest BCUT2D eigenvalue weighted by atomic mass is 35.5. The van der Waals surface area contributed by atoms with Gasteiger partial charge in [-0.1, -0.05) is 0 Å². The van der Waals surface area contributed by atoms with Gasteiger partial charge in [-0.15, -0.1) is 12.4 Å². The Labute approximate surface area is 196 Å². The molecule has 2 heterocycles. The highest BCUT2D eigenvalue weighted by molar-refractivity contribution is 5.97. The number of pyridine rings is 1. The molecule has 2 aromatic rings. The summed E-state index contributed by atoms with van der Waals surface area (Å²) in [6.45, 7) is 2.28. The number of nitrogens with two attached hydrogens (primary N) is 1. The number of carbonyl (C=O) groups is 1. The minimum Gasteiger partial charge on any atom is -0.492 e. The summed E-state index contributed by atoms with van der Waals surface area (Å²) in [6.07, 6.45) is 4.43. The molecule has 0 spiro atoms. The van der Waals surface area contributed by atoms with Crippen molar-refractivity contribution < 1.29 is 23.0 Å². The summed E-state index contributed by atoms with van der Waals surface area (Å²) in [4.78, 5) is 27.2. The van der Waals surface area contributed by atoms with E-state index < -0.39 is 17.2 Å². The van der Waals surface area contributed by atoms with E-state index in [9.17, 15) is 14.0 Å². The summed E-state index contributed by atoms with van der Waals surface area (Å²) in [5.74, 6) is -1.58. The van der Waals surface area contributed by atoms with Crippen LogP contribution in [0.2, 0.25) is 0 Å². The topological polar surface area (TPSA) is 86.8 Å². The van der Waals surface area contributed by atoms with Crippen LogP contribution in [0.25, 0.3) is 10.9 Å². The first-order valence-corrected chi connectivity index (χ1v) is 10.8. The second-order valence-corrected chi connectivity index (χ2v) is 8.10. The number of nitrogens with zero attached hydrogens (tertiary/aromatic N) is 2. The van der Waals surface area contributed by atoms with Crippen LogP contribution in [0, 0.1) is 5.82 Å². The van der Waals surface area contributed by atoms with Gasteiger partial charge in [-0.25, -0.2) is 13.6 Å². The van der Waals surface area contributed by atoms with Gasteiger partial charge < -0.3 is 24.7 Å². The summed E-state index contributed by atoms with van der Waals surface area (Å²) in [5, 5.41) is 0.0569. The van der Waals surface area contributed by atoms with Crippen molar-refractivity contribution in [2.45, 2.75) is 38.6 Å². The fourth-order valence-electron chi connectivity index (χ4n) is 4.35. The van der Waals surface area contributed by atoms with Crippen molar-refractivity contribution in [3.63, 3.8) is 0 Å². The van der Waals surface area contributed by atoms with Crippen LogP contribution in [-0.2, 0) is 4.74 Å². The van der Waals surface area contributed by atoms with Crippen molar-refractivity contribution >= 4 is 35.0 Å². The zero-order chi connectivity index (χ0) is 23.0. The van der Waals surface area contributed by atoms with E-state index >= 15 is 4.39 Å². The summed E-state index contributed by atoms with van der Waals surface area (Å²) in [5.41, 5.74) is 5.87. The van der Waals surface area contributed by atoms with Crippen LogP contribution in [0.1, 0.15) is 49.0 Å². The maximum atomic E-state index is 15.5. The van der Waals surface area contributed by atoms with E-state index in [0.717, 1.165) is 18.9 Å². The number of hydrogen-bond acceptors (Lipinski definition) is 6. The highest BCUT2D eigenvalue weighted by Crippen LogP contribution is 2.44. The molecule has 0 bridgehead atoms. The van der Waals surface area contributed by atoms with Crippen LogP contribution >= 0.6 is 12.4 Å². The Kier molecular flexibility index (Phi) is 7.64. The molecule has 1 saturated carbocycles. The predicted molar refractivity (Wildman–Crippen MR) is 125 cm³/mol. The third kappa shape index (κ3) is 4.56. The van der Waals surface area contributed by atoms with E-state index in [0.29, 0.717) is 30.5 Å². The SMILES string of the molecule is CCOC(=O)c1cn(C2CC2)c2c(OC)c(N3CCCC(=C(F)CN)C3)c(F)cc2c1=O.Cl. The molecule has 4 rings (SSSR count). The molecule has 33 heavy (non-hydrogen) atoms. The lowest BCUT2D eigenvalue weighted by Crippen LogP contribution is -2.33. The number of rotatable bonds is 6. The number of aromatic nitrogens is 1.